The van der Waals surface area contributed by atoms with Gasteiger partial charge in [0.1, 0.15) is 6.10 Å². The number of hydrogen-bond acceptors (Lipinski definition) is 3. The Labute approximate surface area is 110 Å². The highest BCUT2D eigenvalue weighted by molar-refractivity contribution is 5.83. The zero-order valence-corrected chi connectivity index (χ0v) is 11.4. The lowest BCUT2D eigenvalue weighted by atomic mass is 9.84. The van der Waals surface area contributed by atoms with Gasteiger partial charge in [-0.05, 0) is 43.6 Å². The number of likely N-dealkylation sites (N-methyl/N-ethyl adjacent to an activating group) is 1. The molecule has 3 rings (SSSR count). The highest BCUT2D eigenvalue weighted by Gasteiger charge is 2.41. The maximum absolute atomic E-state index is 12.3. The normalized spacial score (nSPS) is 40.3. The van der Waals surface area contributed by atoms with Crippen molar-refractivity contribution in [2.75, 3.05) is 26.2 Å². The van der Waals surface area contributed by atoms with Crippen molar-refractivity contribution in [2.45, 2.75) is 45.1 Å². The number of carbonyl (C=O) groups is 1. The molecule has 0 aromatic carbocycles. The fourth-order valence-electron chi connectivity index (χ4n) is 4.20. The molecular formula is C15H25NO2. The van der Waals surface area contributed by atoms with Gasteiger partial charge in [-0.25, -0.2) is 0 Å². The molecule has 3 aliphatic rings. The van der Waals surface area contributed by atoms with Gasteiger partial charge in [-0.1, -0.05) is 13.3 Å². The van der Waals surface area contributed by atoms with E-state index in [9.17, 15) is 4.79 Å². The molecule has 1 heterocycles. The maximum Gasteiger partial charge on any atom is 0.163 e. The minimum absolute atomic E-state index is 0.141. The summed E-state index contributed by atoms with van der Waals surface area (Å²) in [7, 11) is 0. The Bertz CT molecular complexity index is 318. The van der Waals surface area contributed by atoms with Crippen molar-refractivity contribution in [3.05, 3.63) is 0 Å². The highest BCUT2D eigenvalue weighted by Crippen LogP contribution is 2.49. The molecule has 4 unspecified atom stereocenters. The molecule has 3 heteroatoms. The number of ether oxygens (including phenoxy) is 1. The predicted octanol–water partition coefficient (Wildman–Crippen LogP) is 2.10. The van der Waals surface area contributed by atoms with Crippen LogP contribution >= 0.6 is 0 Å². The molecule has 1 aliphatic heterocycles. The fourth-order valence-corrected chi connectivity index (χ4v) is 4.20. The van der Waals surface area contributed by atoms with Crippen molar-refractivity contribution in [3.8, 4) is 0 Å². The van der Waals surface area contributed by atoms with E-state index in [1.54, 1.807) is 0 Å². The Morgan fingerprint density at radius 2 is 2.22 bits per heavy atom. The van der Waals surface area contributed by atoms with Crippen molar-refractivity contribution < 1.29 is 9.53 Å². The van der Waals surface area contributed by atoms with Crippen LogP contribution in [0.4, 0.5) is 0 Å². The lowest BCUT2D eigenvalue weighted by molar-refractivity contribution is -0.137. The third kappa shape index (κ3) is 2.48. The van der Waals surface area contributed by atoms with E-state index in [-0.39, 0.29) is 6.10 Å². The lowest BCUT2D eigenvalue weighted by Crippen LogP contribution is -2.46. The first-order valence-corrected chi connectivity index (χ1v) is 7.63. The molecule has 0 radical (unpaired) electrons. The molecule has 0 N–H and O–H groups in total. The summed E-state index contributed by atoms with van der Waals surface area (Å²) in [4.78, 5) is 14.7. The van der Waals surface area contributed by atoms with Gasteiger partial charge in [-0.15, -0.1) is 0 Å². The summed E-state index contributed by atoms with van der Waals surface area (Å²) in [5.41, 5.74) is 0. The number of hydrogen-bond donors (Lipinski definition) is 0. The van der Waals surface area contributed by atoms with Crippen molar-refractivity contribution in [2.24, 2.45) is 17.8 Å². The number of rotatable bonds is 4. The Balaban J connectivity index is 1.52. The van der Waals surface area contributed by atoms with Crippen molar-refractivity contribution in [1.29, 1.82) is 0 Å². The molecule has 0 spiro atoms. The van der Waals surface area contributed by atoms with Gasteiger partial charge >= 0.3 is 0 Å². The first kappa shape index (κ1) is 12.6. The molecule has 0 aromatic rings. The first-order valence-electron chi connectivity index (χ1n) is 7.63. The fraction of sp³-hybridized carbons (Fsp3) is 0.933. The second-order valence-electron chi connectivity index (χ2n) is 6.36. The monoisotopic (exact) mass is 251 g/mol. The third-order valence-corrected chi connectivity index (χ3v) is 5.30. The smallest absolute Gasteiger partial charge is 0.163 e. The van der Waals surface area contributed by atoms with E-state index in [4.69, 9.17) is 4.74 Å². The molecule has 102 valence electrons. The number of Topliss-reactive ketones (excluding diaryl/α,β-unsaturated/α-hetero) is 1. The minimum atomic E-state index is -0.141. The molecule has 1 saturated heterocycles. The van der Waals surface area contributed by atoms with Gasteiger partial charge in [-0.3, -0.25) is 9.69 Å². The first-order chi connectivity index (χ1) is 8.76. The summed E-state index contributed by atoms with van der Waals surface area (Å²) in [6, 6.07) is 0. The van der Waals surface area contributed by atoms with Crippen LogP contribution in [0.15, 0.2) is 0 Å². The van der Waals surface area contributed by atoms with E-state index in [0.717, 1.165) is 44.5 Å². The van der Waals surface area contributed by atoms with Gasteiger partial charge in [0.15, 0.2) is 5.78 Å². The van der Waals surface area contributed by atoms with E-state index >= 15 is 0 Å². The van der Waals surface area contributed by atoms with Gasteiger partial charge in [0.2, 0.25) is 0 Å². The molecule has 2 saturated carbocycles. The summed E-state index contributed by atoms with van der Waals surface area (Å²) in [6.45, 7) is 5.70. The standard InChI is InChI=1S/C15H25NO2/c1-2-16-5-6-18-15(10-16)14(17)9-13-8-11-3-4-12(13)7-11/h11-13,15H,2-10H2,1H3. The second kappa shape index (κ2) is 5.30. The average Bonchev–Trinajstić information content (AvgIpc) is 3.01. The van der Waals surface area contributed by atoms with Gasteiger partial charge < -0.3 is 4.74 Å². The molecule has 18 heavy (non-hydrogen) atoms. The largest absolute Gasteiger partial charge is 0.368 e. The van der Waals surface area contributed by atoms with E-state index in [0.29, 0.717) is 11.7 Å². The highest BCUT2D eigenvalue weighted by atomic mass is 16.5. The van der Waals surface area contributed by atoms with Crippen LogP contribution < -0.4 is 0 Å². The molecule has 0 amide bonds. The number of nitrogens with zero attached hydrogens (tertiary/aromatic N) is 1. The van der Waals surface area contributed by atoms with Crippen molar-refractivity contribution in [3.63, 3.8) is 0 Å². The Morgan fingerprint density at radius 3 is 2.89 bits per heavy atom. The Kier molecular flexibility index (Phi) is 3.71. The molecule has 2 bridgehead atoms. The Hall–Kier alpha value is -0.410. The molecule has 0 aromatic heterocycles. The van der Waals surface area contributed by atoms with Crippen LogP contribution in [0.2, 0.25) is 0 Å². The van der Waals surface area contributed by atoms with Crippen LogP contribution in [0, 0.1) is 17.8 Å². The molecule has 2 aliphatic carbocycles. The van der Waals surface area contributed by atoms with Crippen LogP contribution in [0.25, 0.3) is 0 Å². The molecular weight excluding hydrogens is 226 g/mol. The van der Waals surface area contributed by atoms with Crippen LogP contribution in [-0.2, 0) is 9.53 Å². The average molecular weight is 251 g/mol. The Morgan fingerprint density at radius 1 is 1.33 bits per heavy atom. The van der Waals surface area contributed by atoms with Crippen molar-refractivity contribution in [1.82, 2.24) is 4.90 Å². The summed E-state index contributed by atoms with van der Waals surface area (Å²) in [5.74, 6) is 2.83. The van der Waals surface area contributed by atoms with Gasteiger partial charge in [-0.2, -0.15) is 0 Å². The van der Waals surface area contributed by atoms with Crippen LogP contribution in [0.5, 0.6) is 0 Å². The van der Waals surface area contributed by atoms with Gasteiger partial charge in [0, 0.05) is 19.5 Å². The van der Waals surface area contributed by atoms with Crippen LogP contribution in [0.1, 0.15) is 39.0 Å². The van der Waals surface area contributed by atoms with Gasteiger partial charge in [0.05, 0.1) is 6.61 Å². The molecule has 3 fully saturated rings. The quantitative estimate of drug-likeness (QED) is 0.766. The zero-order valence-electron chi connectivity index (χ0n) is 11.4. The summed E-state index contributed by atoms with van der Waals surface area (Å²) < 4.78 is 5.67. The predicted molar refractivity (Wildman–Crippen MR) is 70.4 cm³/mol. The lowest BCUT2D eigenvalue weighted by Gasteiger charge is -2.32. The number of fused-ring (bicyclic) bond motifs is 2. The van der Waals surface area contributed by atoms with E-state index in [2.05, 4.69) is 11.8 Å². The second-order valence-corrected chi connectivity index (χ2v) is 6.36. The minimum Gasteiger partial charge on any atom is -0.368 e. The van der Waals surface area contributed by atoms with Gasteiger partial charge in [0.25, 0.3) is 0 Å². The molecule has 4 atom stereocenters. The molecule has 3 nitrogen and oxygen atoms in total. The van der Waals surface area contributed by atoms with E-state index in [1.165, 1.54) is 25.7 Å². The maximum atomic E-state index is 12.3. The summed E-state index contributed by atoms with van der Waals surface area (Å²) in [6.07, 6.45) is 6.13. The topological polar surface area (TPSA) is 29.5 Å². The van der Waals surface area contributed by atoms with Crippen molar-refractivity contribution >= 4 is 5.78 Å². The van der Waals surface area contributed by atoms with Crippen LogP contribution in [-0.4, -0.2) is 43.0 Å². The van der Waals surface area contributed by atoms with Crippen LogP contribution in [0.3, 0.4) is 0 Å². The summed E-state index contributed by atoms with van der Waals surface area (Å²) in [5, 5.41) is 0. The SMILES string of the molecule is CCN1CCOC(C(=O)CC2CC3CCC2C3)C1. The number of carbonyl (C=O) groups excluding carboxylic acids is 1. The zero-order chi connectivity index (χ0) is 12.5. The number of morpholine rings is 1. The van der Waals surface area contributed by atoms with E-state index < -0.39 is 0 Å². The summed E-state index contributed by atoms with van der Waals surface area (Å²) >= 11 is 0. The van der Waals surface area contributed by atoms with E-state index in [1.807, 2.05) is 0 Å². The third-order valence-electron chi connectivity index (χ3n) is 5.30. The number of ketones is 1.